The zero-order valence-electron chi connectivity index (χ0n) is 11.4. The van der Waals surface area contributed by atoms with Gasteiger partial charge in [0.15, 0.2) is 4.88 Å². The molecule has 2 rings (SSSR count). The SMILES string of the molecule is CCCc1cc(OCc2cccc(F)c2Br)c(C(=O)O)s1. The lowest BCUT2D eigenvalue weighted by atomic mass is 10.2. The lowest BCUT2D eigenvalue weighted by molar-refractivity contribution is 0.0697. The number of aryl methyl sites for hydroxylation is 1. The second-order valence-corrected chi connectivity index (χ2v) is 6.39. The molecule has 0 spiro atoms. The fourth-order valence-electron chi connectivity index (χ4n) is 1.86. The van der Waals surface area contributed by atoms with E-state index in [0.29, 0.717) is 15.8 Å². The minimum atomic E-state index is -1.00. The molecule has 1 aromatic carbocycles. The summed E-state index contributed by atoms with van der Waals surface area (Å²) in [6.07, 6.45) is 1.76. The molecular formula is C15H14BrFO3S. The second kappa shape index (κ2) is 7.04. The van der Waals surface area contributed by atoms with Gasteiger partial charge in [0.1, 0.15) is 18.2 Å². The number of aromatic carboxylic acids is 1. The maximum absolute atomic E-state index is 13.4. The van der Waals surface area contributed by atoms with Gasteiger partial charge >= 0.3 is 5.97 Å². The van der Waals surface area contributed by atoms with Crippen molar-refractivity contribution in [1.82, 2.24) is 0 Å². The molecule has 0 aliphatic carbocycles. The van der Waals surface area contributed by atoms with Crippen molar-refractivity contribution in [2.75, 3.05) is 0 Å². The topological polar surface area (TPSA) is 46.5 Å². The second-order valence-electron chi connectivity index (χ2n) is 4.46. The van der Waals surface area contributed by atoms with Crippen LogP contribution in [0.15, 0.2) is 28.7 Å². The van der Waals surface area contributed by atoms with E-state index in [4.69, 9.17) is 4.74 Å². The van der Waals surface area contributed by atoms with Crippen molar-refractivity contribution < 1.29 is 19.0 Å². The molecule has 1 N–H and O–H groups in total. The minimum Gasteiger partial charge on any atom is -0.487 e. The zero-order chi connectivity index (χ0) is 15.4. The van der Waals surface area contributed by atoms with Gasteiger partial charge in [0.25, 0.3) is 0 Å². The number of hydrogen-bond acceptors (Lipinski definition) is 3. The lowest BCUT2D eigenvalue weighted by Crippen LogP contribution is -2.01. The van der Waals surface area contributed by atoms with Gasteiger partial charge in [-0.05, 0) is 34.5 Å². The van der Waals surface area contributed by atoms with E-state index in [2.05, 4.69) is 15.9 Å². The van der Waals surface area contributed by atoms with E-state index >= 15 is 0 Å². The fraction of sp³-hybridized carbons (Fsp3) is 0.267. The first kappa shape index (κ1) is 16.0. The van der Waals surface area contributed by atoms with Crippen LogP contribution in [0.4, 0.5) is 4.39 Å². The van der Waals surface area contributed by atoms with Crippen LogP contribution in [-0.2, 0) is 13.0 Å². The molecule has 0 aliphatic rings. The predicted molar refractivity (Wildman–Crippen MR) is 83.7 cm³/mol. The number of benzene rings is 1. The summed E-state index contributed by atoms with van der Waals surface area (Å²) in [5, 5.41) is 9.20. The molecule has 0 aliphatic heterocycles. The number of carbonyl (C=O) groups is 1. The largest absolute Gasteiger partial charge is 0.487 e. The van der Waals surface area contributed by atoms with Gasteiger partial charge in [-0.15, -0.1) is 11.3 Å². The average Bonchev–Trinajstić information content (AvgIpc) is 2.84. The Kier molecular flexibility index (Phi) is 5.36. The zero-order valence-corrected chi connectivity index (χ0v) is 13.8. The fourth-order valence-corrected chi connectivity index (χ4v) is 3.28. The highest BCUT2D eigenvalue weighted by atomic mass is 79.9. The quantitative estimate of drug-likeness (QED) is 0.785. The monoisotopic (exact) mass is 372 g/mol. The van der Waals surface area contributed by atoms with Crippen LogP contribution in [0, 0.1) is 5.82 Å². The standard InChI is InChI=1S/C15H14BrFO3S/c1-2-4-10-7-12(14(21-10)15(18)19)20-8-9-5-3-6-11(17)13(9)16/h3,5-7H,2,4,8H2,1H3,(H,18,19). The molecule has 3 nitrogen and oxygen atoms in total. The van der Waals surface area contributed by atoms with Gasteiger partial charge in [-0.25, -0.2) is 9.18 Å². The highest BCUT2D eigenvalue weighted by Gasteiger charge is 2.17. The van der Waals surface area contributed by atoms with E-state index in [0.717, 1.165) is 17.7 Å². The third-order valence-electron chi connectivity index (χ3n) is 2.85. The Balaban J connectivity index is 2.19. The molecule has 0 atom stereocenters. The molecule has 0 fully saturated rings. The summed E-state index contributed by atoms with van der Waals surface area (Å²) in [4.78, 5) is 12.4. The summed E-state index contributed by atoms with van der Waals surface area (Å²) in [6.45, 7) is 2.14. The van der Waals surface area contributed by atoms with Crippen LogP contribution in [0.5, 0.6) is 5.75 Å². The molecule has 0 saturated carbocycles. The number of rotatable bonds is 6. The van der Waals surface area contributed by atoms with Crippen LogP contribution in [0.1, 0.15) is 33.5 Å². The van der Waals surface area contributed by atoms with Crippen molar-refractivity contribution in [3.63, 3.8) is 0 Å². The van der Waals surface area contributed by atoms with E-state index in [1.54, 1.807) is 18.2 Å². The van der Waals surface area contributed by atoms with E-state index in [9.17, 15) is 14.3 Å². The minimum absolute atomic E-state index is 0.112. The number of carboxylic acids is 1. The van der Waals surface area contributed by atoms with Crippen LogP contribution in [-0.4, -0.2) is 11.1 Å². The molecule has 21 heavy (non-hydrogen) atoms. The molecule has 112 valence electrons. The van der Waals surface area contributed by atoms with E-state index < -0.39 is 5.97 Å². The van der Waals surface area contributed by atoms with Gasteiger partial charge in [-0.2, -0.15) is 0 Å². The summed E-state index contributed by atoms with van der Waals surface area (Å²) in [7, 11) is 0. The predicted octanol–water partition coefficient (Wildman–Crippen LogP) is 4.88. The number of thiophene rings is 1. The lowest BCUT2D eigenvalue weighted by Gasteiger charge is -2.07. The van der Waals surface area contributed by atoms with Gasteiger partial charge in [0, 0.05) is 10.4 Å². The molecule has 0 unspecified atom stereocenters. The van der Waals surface area contributed by atoms with Gasteiger partial charge in [-0.3, -0.25) is 0 Å². The summed E-state index contributed by atoms with van der Waals surface area (Å²) in [5.41, 5.74) is 0.634. The maximum Gasteiger partial charge on any atom is 0.349 e. The Hall–Kier alpha value is -1.40. The summed E-state index contributed by atoms with van der Waals surface area (Å²) in [6, 6.07) is 6.42. The van der Waals surface area contributed by atoms with E-state index in [1.807, 2.05) is 6.92 Å². The Labute approximate surface area is 134 Å². The number of halogens is 2. The Bertz CT molecular complexity index is 654. The smallest absolute Gasteiger partial charge is 0.349 e. The van der Waals surface area contributed by atoms with Crippen LogP contribution in [0.2, 0.25) is 0 Å². The van der Waals surface area contributed by atoms with Crippen LogP contribution < -0.4 is 4.74 Å². The number of ether oxygens (including phenoxy) is 1. The third kappa shape index (κ3) is 3.83. The van der Waals surface area contributed by atoms with Crippen molar-refractivity contribution in [3.8, 4) is 5.75 Å². The van der Waals surface area contributed by atoms with Gasteiger partial charge in [0.05, 0.1) is 4.47 Å². The van der Waals surface area contributed by atoms with E-state index in [1.165, 1.54) is 17.4 Å². The molecule has 1 heterocycles. The van der Waals surface area contributed by atoms with E-state index in [-0.39, 0.29) is 17.3 Å². The maximum atomic E-state index is 13.4. The summed E-state index contributed by atoms with van der Waals surface area (Å²) < 4.78 is 19.3. The van der Waals surface area contributed by atoms with Crippen molar-refractivity contribution >= 4 is 33.2 Å². The van der Waals surface area contributed by atoms with Crippen molar-refractivity contribution in [2.24, 2.45) is 0 Å². The highest BCUT2D eigenvalue weighted by Crippen LogP contribution is 2.31. The highest BCUT2D eigenvalue weighted by molar-refractivity contribution is 9.10. The van der Waals surface area contributed by atoms with Crippen LogP contribution >= 0.6 is 27.3 Å². The molecule has 0 saturated heterocycles. The Morgan fingerprint density at radius 3 is 2.90 bits per heavy atom. The molecule has 1 aromatic heterocycles. The molecule has 0 amide bonds. The van der Waals surface area contributed by atoms with Crippen LogP contribution in [0.3, 0.4) is 0 Å². The van der Waals surface area contributed by atoms with Gasteiger partial charge < -0.3 is 9.84 Å². The Morgan fingerprint density at radius 2 is 2.24 bits per heavy atom. The summed E-state index contributed by atoms with van der Waals surface area (Å²) >= 11 is 4.39. The normalized spacial score (nSPS) is 10.6. The molecule has 6 heteroatoms. The summed E-state index contributed by atoms with van der Waals surface area (Å²) in [5.74, 6) is -1.03. The molecular weight excluding hydrogens is 359 g/mol. The van der Waals surface area contributed by atoms with Crippen LogP contribution in [0.25, 0.3) is 0 Å². The average molecular weight is 373 g/mol. The Morgan fingerprint density at radius 1 is 1.48 bits per heavy atom. The van der Waals surface area contributed by atoms with Gasteiger partial charge in [-0.1, -0.05) is 25.5 Å². The van der Waals surface area contributed by atoms with Crippen molar-refractivity contribution in [3.05, 3.63) is 49.9 Å². The first-order valence-corrected chi connectivity index (χ1v) is 8.05. The first-order valence-electron chi connectivity index (χ1n) is 6.44. The molecule has 0 bridgehead atoms. The third-order valence-corrected chi connectivity index (χ3v) is 4.91. The number of hydrogen-bond donors (Lipinski definition) is 1. The number of carboxylic acid groups (broad SMARTS) is 1. The molecule has 2 aromatic rings. The van der Waals surface area contributed by atoms with Crippen molar-refractivity contribution in [1.29, 1.82) is 0 Å². The van der Waals surface area contributed by atoms with Crippen molar-refractivity contribution in [2.45, 2.75) is 26.4 Å². The van der Waals surface area contributed by atoms with Gasteiger partial charge in [0.2, 0.25) is 0 Å². The first-order chi connectivity index (χ1) is 10.0. The molecule has 0 radical (unpaired) electrons.